The van der Waals surface area contributed by atoms with E-state index in [0.717, 1.165) is 10.9 Å². The quantitative estimate of drug-likeness (QED) is 0.327. The maximum Gasteiger partial charge on any atom is 0.354 e. The second-order valence-corrected chi connectivity index (χ2v) is 8.78. The van der Waals surface area contributed by atoms with E-state index in [2.05, 4.69) is 5.32 Å². The number of cyclic esters (lactones) is 1. The molecule has 1 unspecified atom stereocenters. The number of hydrogen-bond acceptors (Lipinski definition) is 8. The highest BCUT2D eigenvalue weighted by molar-refractivity contribution is 5.98. The van der Waals surface area contributed by atoms with Crippen LogP contribution in [-0.2, 0) is 42.6 Å². The standard InChI is InChI=1S/C26H23N3O7/c1-4-26(34)18-10-21-22-16(11-29(21)23(31)17(18)12-36-25(26)33)9-15-6-5-14(7-19(15)28-22)8-20(24(32)35-3)27-13(2)30/h5-10,34H,4,11-12H2,1-3H3,(H,27,30). The maximum absolute atomic E-state index is 13.3. The molecule has 4 heterocycles. The third-order valence-corrected chi connectivity index (χ3v) is 6.56. The van der Waals surface area contributed by atoms with Crippen LogP contribution in [0.1, 0.15) is 42.5 Å². The van der Waals surface area contributed by atoms with Crippen LogP contribution in [0.5, 0.6) is 0 Å². The third-order valence-electron chi connectivity index (χ3n) is 6.56. The average molecular weight is 489 g/mol. The lowest BCUT2D eigenvalue weighted by molar-refractivity contribution is -0.172. The fourth-order valence-electron chi connectivity index (χ4n) is 4.70. The van der Waals surface area contributed by atoms with Crippen molar-refractivity contribution in [1.82, 2.24) is 14.9 Å². The summed E-state index contributed by atoms with van der Waals surface area (Å²) < 4.78 is 11.4. The number of methoxy groups -OCH3 is 1. The molecular formula is C26H23N3O7. The number of pyridine rings is 2. The molecular weight excluding hydrogens is 466 g/mol. The van der Waals surface area contributed by atoms with Crippen LogP contribution in [-0.4, -0.2) is 39.6 Å². The number of hydrogen-bond donors (Lipinski definition) is 2. The van der Waals surface area contributed by atoms with E-state index < -0.39 is 23.4 Å². The van der Waals surface area contributed by atoms with Gasteiger partial charge in [-0.3, -0.25) is 9.59 Å². The number of fused-ring (bicyclic) bond motifs is 5. The van der Waals surface area contributed by atoms with Crippen molar-refractivity contribution in [2.75, 3.05) is 7.11 Å². The summed E-state index contributed by atoms with van der Waals surface area (Å²) in [6.45, 7) is 3.06. The number of carbonyl (C=O) groups is 3. The number of nitrogens with zero attached hydrogens (tertiary/aromatic N) is 2. The number of carbonyl (C=O) groups excluding carboxylic acids is 3. The smallest absolute Gasteiger partial charge is 0.354 e. The fourth-order valence-corrected chi connectivity index (χ4v) is 4.70. The zero-order valence-electron chi connectivity index (χ0n) is 19.9. The predicted octanol–water partition coefficient (Wildman–Crippen LogP) is 1.73. The topological polar surface area (TPSA) is 137 Å². The van der Waals surface area contributed by atoms with Gasteiger partial charge in [-0.05, 0) is 36.3 Å². The molecule has 0 saturated carbocycles. The Morgan fingerprint density at radius 2 is 2.06 bits per heavy atom. The van der Waals surface area contributed by atoms with Crippen LogP contribution in [0.15, 0.2) is 40.8 Å². The lowest BCUT2D eigenvalue weighted by Gasteiger charge is -2.31. The van der Waals surface area contributed by atoms with Crippen LogP contribution in [0.25, 0.3) is 28.4 Å². The van der Waals surface area contributed by atoms with Crippen molar-refractivity contribution in [2.24, 2.45) is 0 Å². The van der Waals surface area contributed by atoms with E-state index in [-0.39, 0.29) is 35.4 Å². The first-order valence-electron chi connectivity index (χ1n) is 11.3. The molecule has 2 N–H and O–H groups in total. The molecule has 10 heteroatoms. The second kappa shape index (κ2) is 8.42. The van der Waals surface area contributed by atoms with Crippen LogP contribution >= 0.6 is 0 Å². The van der Waals surface area contributed by atoms with Gasteiger partial charge in [0.2, 0.25) is 5.91 Å². The molecule has 10 nitrogen and oxygen atoms in total. The van der Waals surface area contributed by atoms with E-state index in [4.69, 9.17) is 14.5 Å². The van der Waals surface area contributed by atoms with Crippen molar-refractivity contribution in [1.29, 1.82) is 0 Å². The van der Waals surface area contributed by atoms with Crippen molar-refractivity contribution < 1.29 is 29.0 Å². The van der Waals surface area contributed by atoms with Crippen LogP contribution in [0, 0.1) is 0 Å². The Hall–Kier alpha value is -4.31. The van der Waals surface area contributed by atoms with Crippen molar-refractivity contribution in [2.45, 2.75) is 39.0 Å². The van der Waals surface area contributed by atoms with E-state index in [0.29, 0.717) is 29.0 Å². The number of esters is 2. The Labute approximate surface area is 205 Å². The molecule has 0 spiro atoms. The van der Waals surface area contributed by atoms with E-state index in [9.17, 15) is 24.3 Å². The normalized spacial score (nSPS) is 18.2. The summed E-state index contributed by atoms with van der Waals surface area (Å²) in [5.41, 5.74) is 1.38. The number of benzene rings is 1. The van der Waals surface area contributed by atoms with E-state index in [1.807, 2.05) is 12.1 Å². The summed E-state index contributed by atoms with van der Waals surface area (Å²) in [6, 6.07) is 8.94. The molecule has 0 fully saturated rings. The monoisotopic (exact) mass is 489 g/mol. The van der Waals surface area contributed by atoms with Gasteiger partial charge in [-0.15, -0.1) is 0 Å². The molecule has 5 rings (SSSR count). The molecule has 0 radical (unpaired) electrons. The molecule has 1 atom stereocenters. The van der Waals surface area contributed by atoms with E-state index in [1.54, 1.807) is 29.7 Å². The van der Waals surface area contributed by atoms with Gasteiger partial charge in [0.1, 0.15) is 12.3 Å². The molecule has 2 aliphatic heterocycles. The largest absolute Gasteiger partial charge is 0.464 e. The Morgan fingerprint density at radius 3 is 2.75 bits per heavy atom. The maximum atomic E-state index is 13.3. The minimum Gasteiger partial charge on any atom is -0.464 e. The highest BCUT2D eigenvalue weighted by Gasteiger charge is 2.45. The van der Waals surface area contributed by atoms with Gasteiger partial charge in [-0.1, -0.05) is 19.1 Å². The van der Waals surface area contributed by atoms with Gasteiger partial charge in [0.05, 0.1) is 36.1 Å². The molecule has 0 bridgehead atoms. The molecule has 184 valence electrons. The molecule has 2 aliphatic rings. The fraction of sp³-hybridized carbons (Fsp3) is 0.269. The van der Waals surface area contributed by atoms with Gasteiger partial charge in [0, 0.05) is 23.4 Å². The van der Waals surface area contributed by atoms with Gasteiger partial charge >= 0.3 is 11.9 Å². The van der Waals surface area contributed by atoms with Gasteiger partial charge in [0.15, 0.2) is 5.60 Å². The summed E-state index contributed by atoms with van der Waals surface area (Å²) >= 11 is 0. The van der Waals surface area contributed by atoms with Gasteiger partial charge in [-0.25, -0.2) is 14.6 Å². The van der Waals surface area contributed by atoms with Gasteiger partial charge in [0.25, 0.3) is 5.56 Å². The summed E-state index contributed by atoms with van der Waals surface area (Å²) in [7, 11) is 1.22. The Morgan fingerprint density at radius 1 is 1.28 bits per heavy atom. The minimum absolute atomic E-state index is 0.0141. The van der Waals surface area contributed by atoms with Gasteiger partial charge < -0.3 is 24.5 Å². The molecule has 0 aliphatic carbocycles. The molecule has 2 aromatic heterocycles. The Bertz CT molecular complexity index is 1570. The van der Waals surface area contributed by atoms with Crippen LogP contribution < -0.4 is 10.9 Å². The Balaban J connectivity index is 1.65. The van der Waals surface area contributed by atoms with Crippen LogP contribution in [0.4, 0.5) is 0 Å². The zero-order valence-corrected chi connectivity index (χ0v) is 19.9. The van der Waals surface area contributed by atoms with Gasteiger partial charge in [-0.2, -0.15) is 0 Å². The number of aromatic nitrogens is 2. The molecule has 3 aromatic rings. The van der Waals surface area contributed by atoms with E-state index >= 15 is 0 Å². The summed E-state index contributed by atoms with van der Waals surface area (Å²) in [6.07, 6.45) is 1.55. The van der Waals surface area contributed by atoms with Crippen molar-refractivity contribution >= 4 is 34.8 Å². The summed E-state index contributed by atoms with van der Waals surface area (Å²) in [5, 5.41) is 14.3. The second-order valence-electron chi connectivity index (χ2n) is 8.78. The summed E-state index contributed by atoms with van der Waals surface area (Å²) in [5.74, 6) is -1.87. The minimum atomic E-state index is -1.89. The molecule has 0 saturated heterocycles. The lowest BCUT2D eigenvalue weighted by Crippen LogP contribution is -2.44. The highest BCUT2D eigenvalue weighted by Crippen LogP contribution is 2.38. The number of amides is 1. The number of aliphatic hydroxyl groups is 1. The number of ether oxygens (including phenoxy) is 2. The van der Waals surface area contributed by atoms with Crippen LogP contribution in [0.2, 0.25) is 0 Å². The number of nitrogens with one attached hydrogen (secondary N) is 1. The van der Waals surface area contributed by atoms with Crippen molar-refractivity contribution in [3.8, 4) is 11.4 Å². The zero-order chi connectivity index (χ0) is 25.8. The van der Waals surface area contributed by atoms with E-state index in [1.165, 1.54) is 20.1 Å². The first kappa shape index (κ1) is 23.4. The van der Waals surface area contributed by atoms with Crippen molar-refractivity contribution in [3.05, 3.63) is 68.6 Å². The SMILES string of the molecule is CCC1(O)C(=O)OCc2c1cc1n(c2=O)Cc2cc3ccc(C=C(NC(C)=O)C(=O)OC)cc3nc2-1. The predicted molar refractivity (Wildman–Crippen MR) is 128 cm³/mol. The first-order chi connectivity index (χ1) is 17.2. The average Bonchev–Trinajstić information content (AvgIpc) is 3.21. The third kappa shape index (κ3) is 3.57. The first-order valence-corrected chi connectivity index (χ1v) is 11.3. The number of rotatable bonds is 4. The Kier molecular flexibility index (Phi) is 5.48. The summed E-state index contributed by atoms with van der Waals surface area (Å²) in [4.78, 5) is 53.9. The van der Waals surface area contributed by atoms with Crippen LogP contribution in [0.3, 0.4) is 0 Å². The molecule has 36 heavy (non-hydrogen) atoms. The molecule has 1 aromatic carbocycles. The highest BCUT2D eigenvalue weighted by atomic mass is 16.6. The van der Waals surface area contributed by atoms with Crippen molar-refractivity contribution in [3.63, 3.8) is 0 Å². The lowest BCUT2D eigenvalue weighted by atomic mass is 9.86. The molecule has 1 amide bonds.